The Bertz CT molecular complexity index is 1140. The maximum absolute atomic E-state index is 12.9. The number of anilines is 1. The number of aromatic nitrogens is 2. The summed E-state index contributed by atoms with van der Waals surface area (Å²) in [5, 5.41) is 2.33. The van der Waals surface area contributed by atoms with Gasteiger partial charge in [0.05, 0.1) is 16.7 Å². The molecule has 0 bridgehead atoms. The molecule has 1 aliphatic rings. The molecule has 2 N–H and O–H groups in total. The first-order valence-electron chi connectivity index (χ1n) is 7.67. The highest BCUT2D eigenvalue weighted by molar-refractivity contribution is 7.99. The summed E-state index contributed by atoms with van der Waals surface area (Å²) in [4.78, 5) is 16.6. The number of fused-ring (bicyclic) bond motifs is 2. The van der Waals surface area contributed by atoms with E-state index in [1.54, 1.807) is 18.2 Å². The smallest absolute Gasteiger partial charge is 0.256 e. The molecule has 1 atom stereocenters. The molecule has 3 aromatic rings. The summed E-state index contributed by atoms with van der Waals surface area (Å²) in [5.74, 6) is 0.497. The third-order valence-electron chi connectivity index (χ3n) is 4.20. The van der Waals surface area contributed by atoms with Gasteiger partial charge in [0.15, 0.2) is 15.0 Å². The number of nitrogen functional groups attached to an aromatic ring is 1. The largest absolute Gasteiger partial charge is 0.383 e. The summed E-state index contributed by atoms with van der Waals surface area (Å²) in [5.41, 5.74) is 5.28. The van der Waals surface area contributed by atoms with Crippen molar-refractivity contribution in [3.63, 3.8) is 0 Å². The Kier molecular flexibility index (Phi) is 3.81. The molecule has 2 aromatic carbocycles. The summed E-state index contributed by atoms with van der Waals surface area (Å²) in [6.45, 7) is 0. The maximum atomic E-state index is 12.9. The molecule has 0 amide bonds. The van der Waals surface area contributed by atoms with E-state index in [4.69, 9.17) is 5.73 Å². The fourth-order valence-electron chi connectivity index (χ4n) is 3.00. The number of hydrogen-bond acceptors (Lipinski definition) is 6. The van der Waals surface area contributed by atoms with Crippen LogP contribution in [0.2, 0.25) is 0 Å². The van der Waals surface area contributed by atoms with Gasteiger partial charge in [0.25, 0.3) is 5.56 Å². The first-order valence-corrected chi connectivity index (χ1v) is 10.3. The van der Waals surface area contributed by atoms with Crippen molar-refractivity contribution < 1.29 is 8.42 Å². The highest BCUT2D eigenvalue weighted by atomic mass is 32.2. The predicted octanol–water partition coefficient (Wildman–Crippen LogP) is 2.10. The van der Waals surface area contributed by atoms with Gasteiger partial charge in [-0.05, 0) is 22.9 Å². The molecule has 2 heterocycles. The van der Waals surface area contributed by atoms with Gasteiger partial charge < -0.3 is 5.73 Å². The van der Waals surface area contributed by atoms with Crippen molar-refractivity contribution in [3.8, 4) is 0 Å². The average Bonchev–Trinajstić information content (AvgIpc) is 2.96. The molecule has 0 fully saturated rings. The van der Waals surface area contributed by atoms with E-state index in [1.165, 1.54) is 22.4 Å². The third-order valence-corrected chi connectivity index (χ3v) is 7.09. The predicted molar refractivity (Wildman–Crippen MR) is 98.7 cm³/mol. The SMILES string of the molecule is Nc1cc(=O)n2c(n1)SC[C@@H]2CS(=O)(=O)c1ccc2ccccc2c1. The number of sulfone groups is 1. The normalized spacial score (nSPS) is 16.9. The molecule has 0 spiro atoms. The van der Waals surface area contributed by atoms with Crippen molar-refractivity contribution >= 4 is 38.2 Å². The van der Waals surface area contributed by atoms with Gasteiger partial charge in [-0.2, -0.15) is 0 Å². The van der Waals surface area contributed by atoms with Crippen LogP contribution >= 0.6 is 11.8 Å². The van der Waals surface area contributed by atoms with Gasteiger partial charge in [0, 0.05) is 11.8 Å². The Morgan fingerprint density at radius 2 is 1.92 bits per heavy atom. The quantitative estimate of drug-likeness (QED) is 0.707. The Balaban J connectivity index is 1.70. The number of rotatable bonds is 3. The van der Waals surface area contributed by atoms with Crippen LogP contribution in [0.25, 0.3) is 10.8 Å². The van der Waals surface area contributed by atoms with Gasteiger partial charge in [0.2, 0.25) is 0 Å². The second kappa shape index (κ2) is 5.89. The van der Waals surface area contributed by atoms with Crippen LogP contribution in [0.4, 0.5) is 5.82 Å². The van der Waals surface area contributed by atoms with Gasteiger partial charge in [-0.25, -0.2) is 13.4 Å². The second-order valence-electron chi connectivity index (χ2n) is 5.93. The molecule has 128 valence electrons. The molecule has 0 aliphatic carbocycles. The molecule has 1 aliphatic heterocycles. The summed E-state index contributed by atoms with van der Waals surface area (Å²) < 4.78 is 27.1. The fourth-order valence-corrected chi connectivity index (χ4v) is 5.86. The highest BCUT2D eigenvalue weighted by Crippen LogP contribution is 2.32. The van der Waals surface area contributed by atoms with E-state index in [9.17, 15) is 13.2 Å². The van der Waals surface area contributed by atoms with Crippen molar-refractivity contribution in [2.75, 3.05) is 17.2 Å². The Morgan fingerprint density at radius 3 is 2.72 bits per heavy atom. The molecule has 25 heavy (non-hydrogen) atoms. The van der Waals surface area contributed by atoms with Crippen LogP contribution < -0.4 is 11.3 Å². The second-order valence-corrected chi connectivity index (χ2v) is 8.95. The van der Waals surface area contributed by atoms with Crippen LogP contribution in [0.1, 0.15) is 6.04 Å². The molecule has 0 saturated heterocycles. The van der Waals surface area contributed by atoms with Crippen LogP contribution in [0, 0.1) is 0 Å². The zero-order chi connectivity index (χ0) is 17.6. The van der Waals surface area contributed by atoms with E-state index < -0.39 is 15.9 Å². The molecule has 4 rings (SSSR count). The van der Waals surface area contributed by atoms with Crippen molar-refractivity contribution in [2.24, 2.45) is 0 Å². The molecular weight excluding hydrogens is 358 g/mol. The first-order chi connectivity index (χ1) is 11.9. The van der Waals surface area contributed by atoms with Crippen LogP contribution in [0.5, 0.6) is 0 Å². The number of hydrogen-bond donors (Lipinski definition) is 1. The lowest BCUT2D eigenvalue weighted by Crippen LogP contribution is -2.29. The Labute approximate surface area is 148 Å². The van der Waals surface area contributed by atoms with Gasteiger partial charge >= 0.3 is 0 Å². The van der Waals surface area contributed by atoms with Gasteiger partial charge in [0.1, 0.15) is 5.82 Å². The van der Waals surface area contributed by atoms with Gasteiger partial charge in [-0.15, -0.1) is 0 Å². The minimum atomic E-state index is -3.54. The van der Waals surface area contributed by atoms with E-state index in [2.05, 4.69) is 4.98 Å². The number of nitrogens with two attached hydrogens (primary N) is 1. The summed E-state index contributed by atoms with van der Waals surface area (Å²) in [6, 6.07) is 13.5. The monoisotopic (exact) mass is 373 g/mol. The van der Waals surface area contributed by atoms with E-state index in [0.717, 1.165) is 10.8 Å². The van der Waals surface area contributed by atoms with Crippen molar-refractivity contribution in [1.82, 2.24) is 9.55 Å². The lowest BCUT2D eigenvalue weighted by molar-refractivity contribution is 0.528. The number of nitrogens with zero attached hydrogens (tertiary/aromatic N) is 2. The van der Waals surface area contributed by atoms with Crippen molar-refractivity contribution in [2.45, 2.75) is 16.1 Å². The summed E-state index contributed by atoms with van der Waals surface area (Å²) in [6.07, 6.45) is 0. The number of benzene rings is 2. The van der Waals surface area contributed by atoms with E-state index in [0.29, 0.717) is 10.9 Å². The van der Waals surface area contributed by atoms with Crippen LogP contribution in [-0.4, -0.2) is 29.5 Å². The lowest BCUT2D eigenvalue weighted by Gasteiger charge is -2.14. The molecule has 6 nitrogen and oxygen atoms in total. The van der Waals surface area contributed by atoms with Crippen LogP contribution in [0.15, 0.2) is 63.4 Å². The van der Waals surface area contributed by atoms with Crippen LogP contribution in [-0.2, 0) is 9.84 Å². The minimum absolute atomic E-state index is 0.142. The van der Waals surface area contributed by atoms with E-state index in [1.807, 2.05) is 24.3 Å². The van der Waals surface area contributed by atoms with Crippen LogP contribution in [0.3, 0.4) is 0 Å². The zero-order valence-corrected chi connectivity index (χ0v) is 14.8. The lowest BCUT2D eigenvalue weighted by atomic mass is 10.1. The fraction of sp³-hybridized carbons (Fsp3) is 0.176. The Hall–Kier alpha value is -2.32. The van der Waals surface area contributed by atoms with Gasteiger partial charge in [-0.1, -0.05) is 42.1 Å². The first kappa shape index (κ1) is 16.2. The van der Waals surface area contributed by atoms with E-state index in [-0.39, 0.29) is 22.0 Å². The topological polar surface area (TPSA) is 95.1 Å². The molecule has 1 aromatic heterocycles. The molecule has 0 radical (unpaired) electrons. The molecule has 0 unspecified atom stereocenters. The average molecular weight is 373 g/mol. The van der Waals surface area contributed by atoms with Gasteiger partial charge in [-0.3, -0.25) is 9.36 Å². The molecule has 0 saturated carbocycles. The standard InChI is InChI=1S/C17H15N3O3S2/c18-15-8-16(21)20-13(9-24-17(20)19-15)10-25(22,23)14-6-5-11-3-1-2-4-12(11)7-14/h1-8,13H,9-10,18H2/t13-/m1/s1. The number of thioether (sulfide) groups is 1. The Morgan fingerprint density at radius 1 is 1.16 bits per heavy atom. The van der Waals surface area contributed by atoms with Crippen molar-refractivity contribution in [3.05, 3.63) is 58.9 Å². The zero-order valence-electron chi connectivity index (χ0n) is 13.1. The molecule has 8 heteroatoms. The highest BCUT2D eigenvalue weighted by Gasteiger charge is 2.30. The maximum Gasteiger partial charge on any atom is 0.256 e. The molecular formula is C17H15N3O3S2. The third kappa shape index (κ3) is 2.91. The summed E-state index contributed by atoms with van der Waals surface area (Å²) in [7, 11) is -3.54. The van der Waals surface area contributed by atoms with Crippen molar-refractivity contribution in [1.29, 1.82) is 0 Å². The minimum Gasteiger partial charge on any atom is -0.383 e. The summed E-state index contributed by atoms with van der Waals surface area (Å²) >= 11 is 1.35. The van der Waals surface area contributed by atoms with E-state index >= 15 is 0 Å².